The number of rotatable bonds is 0. The summed E-state index contributed by atoms with van der Waals surface area (Å²) >= 11 is 3.77. The van der Waals surface area contributed by atoms with Crippen molar-refractivity contribution in [2.75, 3.05) is 18.6 Å². The number of nitrogens with zero attached hydrogens (tertiary/aromatic N) is 2. The number of benzene rings is 1. The predicted octanol–water partition coefficient (Wildman–Crippen LogP) is 2.44. The minimum Gasteiger partial charge on any atom is -0.452 e. The number of hydrogen-bond donors (Lipinski definition) is 0. The summed E-state index contributed by atoms with van der Waals surface area (Å²) in [5, 5.41) is 0. The second-order valence-electron chi connectivity index (χ2n) is 5.06. The molecule has 6 heteroatoms. The number of likely N-dealkylation sites (tertiary alicyclic amines) is 1. The van der Waals surface area contributed by atoms with Crippen molar-refractivity contribution in [2.24, 2.45) is 0 Å². The highest BCUT2D eigenvalue weighted by Gasteiger charge is 2.58. The van der Waals surface area contributed by atoms with Crippen molar-refractivity contribution in [3.8, 4) is 0 Å². The molecule has 1 fully saturated rings. The number of alkyl halides is 1. The molecule has 1 saturated heterocycles. The molecule has 5 nitrogen and oxygen atoms in total. The monoisotopic (exact) mass is 338 g/mol. The molecule has 0 spiro atoms. The Hall–Kier alpha value is -1.56. The van der Waals surface area contributed by atoms with Crippen molar-refractivity contribution in [3.63, 3.8) is 0 Å². The zero-order chi connectivity index (χ0) is 14.5. The van der Waals surface area contributed by atoms with Crippen LogP contribution in [0.15, 0.2) is 24.3 Å². The third-order valence-electron chi connectivity index (χ3n) is 4.05. The number of para-hydroxylation sites is 1. The molecule has 2 amide bonds. The van der Waals surface area contributed by atoms with E-state index in [2.05, 4.69) is 15.9 Å². The summed E-state index contributed by atoms with van der Waals surface area (Å²) in [5.74, 6) is -0.0435. The summed E-state index contributed by atoms with van der Waals surface area (Å²) in [6.45, 7) is 2.14. The lowest BCUT2D eigenvalue weighted by Gasteiger charge is -2.33. The van der Waals surface area contributed by atoms with Crippen molar-refractivity contribution in [1.29, 1.82) is 0 Å². The smallest absolute Gasteiger partial charge is 0.415 e. The van der Waals surface area contributed by atoms with E-state index >= 15 is 0 Å². The van der Waals surface area contributed by atoms with Gasteiger partial charge in [-0.2, -0.15) is 0 Å². The first-order valence-electron chi connectivity index (χ1n) is 6.43. The van der Waals surface area contributed by atoms with Gasteiger partial charge in [-0.15, -0.1) is 0 Å². The first kappa shape index (κ1) is 13.4. The molecule has 2 heterocycles. The Morgan fingerprint density at radius 1 is 1.40 bits per heavy atom. The van der Waals surface area contributed by atoms with Gasteiger partial charge in [0, 0.05) is 13.5 Å². The lowest BCUT2D eigenvalue weighted by Crippen LogP contribution is -2.51. The average molecular weight is 339 g/mol. The van der Waals surface area contributed by atoms with Crippen molar-refractivity contribution in [1.82, 2.24) is 4.90 Å². The first-order chi connectivity index (χ1) is 9.50. The van der Waals surface area contributed by atoms with E-state index in [1.807, 2.05) is 24.3 Å². The number of fused-ring (bicyclic) bond motifs is 3. The minimum atomic E-state index is -0.447. The van der Waals surface area contributed by atoms with Gasteiger partial charge in [0.2, 0.25) is 5.91 Å². The molecule has 0 aliphatic carbocycles. The van der Waals surface area contributed by atoms with Crippen LogP contribution in [0.1, 0.15) is 18.9 Å². The molecule has 2 atom stereocenters. The molecule has 2 aliphatic heterocycles. The Kier molecular flexibility index (Phi) is 3.01. The van der Waals surface area contributed by atoms with Crippen molar-refractivity contribution in [3.05, 3.63) is 29.8 Å². The van der Waals surface area contributed by atoms with Crippen LogP contribution in [0.4, 0.5) is 10.5 Å². The van der Waals surface area contributed by atoms with Crippen LogP contribution in [0, 0.1) is 0 Å². The number of halogens is 1. The number of amides is 2. The summed E-state index contributed by atoms with van der Waals surface area (Å²) in [5.41, 5.74) is 1.83. The molecule has 2 aliphatic rings. The van der Waals surface area contributed by atoms with Gasteiger partial charge in [0.1, 0.15) is 6.17 Å². The molecule has 0 N–H and O–H groups in total. The lowest BCUT2D eigenvalue weighted by molar-refractivity contribution is -0.129. The van der Waals surface area contributed by atoms with Gasteiger partial charge < -0.3 is 9.64 Å². The molecule has 0 bridgehead atoms. The van der Waals surface area contributed by atoms with Crippen LogP contribution < -0.4 is 4.90 Å². The predicted molar refractivity (Wildman–Crippen MR) is 77.7 cm³/mol. The van der Waals surface area contributed by atoms with E-state index in [9.17, 15) is 9.59 Å². The second kappa shape index (κ2) is 4.48. The van der Waals surface area contributed by atoms with Crippen molar-refractivity contribution < 1.29 is 14.3 Å². The Labute approximate surface area is 125 Å². The highest BCUT2D eigenvalue weighted by atomic mass is 79.9. The van der Waals surface area contributed by atoms with Gasteiger partial charge in [0.05, 0.1) is 17.1 Å². The molecule has 3 rings (SSSR count). The Morgan fingerprint density at radius 3 is 2.75 bits per heavy atom. The number of carbonyl (C=O) groups excluding carboxylic acids is 2. The van der Waals surface area contributed by atoms with Crippen LogP contribution in [0.25, 0.3) is 0 Å². The number of carbonyl (C=O) groups is 2. The van der Waals surface area contributed by atoms with E-state index in [1.165, 1.54) is 14.0 Å². The first-order valence-corrected chi connectivity index (χ1v) is 7.23. The zero-order valence-corrected chi connectivity index (χ0v) is 12.9. The molecule has 106 valence electrons. The maximum absolute atomic E-state index is 12.2. The second-order valence-corrected chi connectivity index (χ2v) is 6.47. The van der Waals surface area contributed by atoms with Crippen LogP contribution in [0.2, 0.25) is 0 Å². The summed E-state index contributed by atoms with van der Waals surface area (Å²) in [6, 6.07) is 7.69. The van der Waals surface area contributed by atoms with Crippen LogP contribution in [0.5, 0.6) is 0 Å². The molecule has 0 unspecified atom stereocenters. The van der Waals surface area contributed by atoms with Gasteiger partial charge in [-0.3, -0.25) is 9.69 Å². The molecule has 0 saturated carbocycles. The number of ether oxygens (including phenoxy) is 1. The SMILES string of the molecule is COC(=O)N1c2ccccc2[C@]2(Br)CCN(C(C)=O)[C@H]12. The quantitative estimate of drug-likeness (QED) is 0.682. The van der Waals surface area contributed by atoms with Crippen LogP contribution >= 0.6 is 15.9 Å². The molecular formula is C14H15BrN2O3. The van der Waals surface area contributed by atoms with Gasteiger partial charge in [-0.25, -0.2) is 4.79 Å². The van der Waals surface area contributed by atoms with Gasteiger partial charge in [0.15, 0.2) is 0 Å². The fraction of sp³-hybridized carbons (Fsp3) is 0.429. The topological polar surface area (TPSA) is 49.9 Å². The summed E-state index contributed by atoms with van der Waals surface area (Å²) < 4.78 is 4.49. The zero-order valence-electron chi connectivity index (χ0n) is 11.3. The summed E-state index contributed by atoms with van der Waals surface area (Å²) in [4.78, 5) is 27.3. The molecule has 0 aromatic heterocycles. The van der Waals surface area contributed by atoms with Gasteiger partial charge in [0.25, 0.3) is 0 Å². The van der Waals surface area contributed by atoms with Crippen LogP contribution in [0.3, 0.4) is 0 Å². The molecule has 0 radical (unpaired) electrons. The summed E-state index contributed by atoms with van der Waals surface area (Å²) in [6.07, 6.45) is -0.0522. The number of methoxy groups -OCH3 is 1. The van der Waals surface area contributed by atoms with Gasteiger partial charge >= 0.3 is 6.09 Å². The highest BCUT2D eigenvalue weighted by molar-refractivity contribution is 9.09. The maximum Gasteiger partial charge on any atom is 0.415 e. The Balaban J connectivity index is 2.17. The maximum atomic E-state index is 12.2. The normalized spacial score (nSPS) is 27.2. The van der Waals surface area contributed by atoms with E-state index in [1.54, 1.807) is 9.80 Å². The largest absolute Gasteiger partial charge is 0.452 e. The standard InChI is InChI=1S/C14H15BrN2O3/c1-9(18)16-8-7-14(15)10-5-3-4-6-11(10)17(12(14)16)13(19)20-2/h3-6,12H,7-8H2,1-2H3/t12-,14-/m1/s1. The van der Waals surface area contributed by atoms with E-state index in [0.29, 0.717) is 6.54 Å². The fourth-order valence-corrected chi connectivity index (χ4v) is 4.16. The van der Waals surface area contributed by atoms with Crippen molar-refractivity contribution in [2.45, 2.75) is 23.8 Å². The third kappa shape index (κ3) is 1.60. The van der Waals surface area contributed by atoms with E-state index in [0.717, 1.165) is 17.7 Å². The summed E-state index contributed by atoms with van der Waals surface area (Å²) in [7, 11) is 1.35. The lowest BCUT2D eigenvalue weighted by atomic mass is 9.98. The highest BCUT2D eigenvalue weighted by Crippen LogP contribution is 2.55. The molecule has 1 aromatic rings. The average Bonchev–Trinajstić information content (AvgIpc) is 2.89. The van der Waals surface area contributed by atoms with Crippen LogP contribution in [-0.4, -0.2) is 36.7 Å². The third-order valence-corrected chi connectivity index (χ3v) is 5.29. The Bertz CT molecular complexity index is 592. The van der Waals surface area contributed by atoms with E-state index < -0.39 is 10.4 Å². The van der Waals surface area contributed by atoms with Crippen LogP contribution in [-0.2, 0) is 13.9 Å². The molecule has 20 heavy (non-hydrogen) atoms. The van der Waals surface area contributed by atoms with E-state index in [4.69, 9.17) is 4.74 Å². The molecular weight excluding hydrogens is 324 g/mol. The van der Waals surface area contributed by atoms with E-state index in [-0.39, 0.29) is 12.1 Å². The van der Waals surface area contributed by atoms with Gasteiger partial charge in [-0.05, 0) is 18.1 Å². The number of anilines is 1. The number of hydrogen-bond acceptors (Lipinski definition) is 3. The minimum absolute atomic E-state index is 0.0435. The van der Waals surface area contributed by atoms with Crippen molar-refractivity contribution >= 4 is 33.6 Å². The van der Waals surface area contributed by atoms with Gasteiger partial charge in [-0.1, -0.05) is 34.1 Å². The Morgan fingerprint density at radius 2 is 2.10 bits per heavy atom. The fourth-order valence-electron chi connectivity index (χ4n) is 3.19. The molecule has 1 aromatic carbocycles.